The molecule has 0 amide bonds. The minimum atomic E-state index is 0.433. The van der Waals surface area contributed by atoms with Gasteiger partial charge in [-0.1, -0.05) is 29.6 Å². The number of hydrogen-bond donors (Lipinski definition) is 2. The summed E-state index contributed by atoms with van der Waals surface area (Å²) in [6, 6.07) is 8.79. The number of aliphatic imine (C=N–C) groups is 1. The summed E-state index contributed by atoms with van der Waals surface area (Å²) >= 11 is 12.0. The van der Waals surface area contributed by atoms with E-state index in [1.165, 1.54) is 0 Å². The molecule has 2 aromatic rings. The van der Waals surface area contributed by atoms with Crippen molar-refractivity contribution >= 4 is 34.8 Å². The third-order valence-electron chi connectivity index (χ3n) is 3.59. The highest BCUT2D eigenvalue weighted by Crippen LogP contribution is 2.27. The van der Waals surface area contributed by atoms with Crippen molar-refractivity contribution in [1.82, 2.24) is 10.3 Å². The Kier molecular flexibility index (Phi) is 9.25. The van der Waals surface area contributed by atoms with Crippen LogP contribution in [0.2, 0.25) is 10.0 Å². The lowest BCUT2D eigenvalue weighted by molar-refractivity contribution is 0.305. The van der Waals surface area contributed by atoms with E-state index in [-0.39, 0.29) is 0 Å². The summed E-state index contributed by atoms with van der Waals surface area (Å²) in [6.07, 6.45) is 9.11. The topological polar surface area (TPSA) is 82.3 Å². The van der Waals surface area contributed by atoms with Crippen molar-refractivity contribution in [3.63, 3.8) is 0 Å². The Morgan fingerprint density at radius 1 is 1.11 bits per heavy atom. The Morgan fingerprint density at radius 2 is 1.89 bits per heavy atom. The predicted octanol–water partition coefficient (Wildman–Crippen LogP) is 4.87. The van der Waals surface area contributed by atoms with Crippen LogP contribution < -0.4 is 15.4 Å². The average molecular weight is 406 g/mol. The third kappa shape index (κ3) is 8.16. The number of unbranched alkanes of at least 4 members (excludes halogenated alkanes) is 3. The summed E-state index contributed by atoms with van der Waals surface area (Å²) in [6.45, 7) is 1.22. The van der Waals surface area contributed by atoms with Gasteiger partial charge in [-0.25, -0.2) is 0 Å². The number of rotatable bonds is 9. The SMILES string of the molecule is N#CNC(=NCCCCCCOc1cc(Cl)ccc1Cl)Nc1ccncc1. The van der Waals surface area contributed by atoms with Gasteiger partial charge >= 0.3 is 0 Å². The van der Waals surface area contributed by atoms with Crippen molar-refractivity contribution in [3.8, 4) is 11.9 Å². The van der Waals surface area contributed by atoms with Gasteiger partial charge in [-0.2, -0.15) is 5.26 Å². The second kappa shape index (κ2) is 12.0. The van der Waals surface area contributed by atoms with Gasteiger partial charge in [0.25, 0.3) is 0 Å². The lowest BCUT2D eigenvalue weighted by Crippen LogP contribution is -2.27. The highest BCUT2D eigenvalue weighted by Gasteiger charge is 2.02. The predicted molar refractivity (Wildman–Crippen MR) is 109 cm³/mol. The molecule has 0 fully saturated rings. The van der Waals surface area contributed by atoms with Crippen LogP contribution in [0.5, 0.6) is 5.75 Å². The smallest absolute Gasteiger partial charge is 0.209 e. The molecule has 0 radical (unpaired) electrons. The first-order chi connectivity index (χ1) is 13.2. The number of hydrogen-bond acceptors (Lipinski definition) is 4. The van der Waals surface area contributed by atoms with Crippen molar-refractivity contribution in [3.05, 3.63) is 52.8 Å². The molecule has 0 aliphatic heterocycles. The van der Waals surface area contributed by atoms with Gasteiger partial charge in [0.1, 0.15) is 5.75 Å². The maximum absolute atomic E-state index is 8.82. The Morgan fingerprint density at radius 3 is 2.67 bits per heavy atom. The molecule has 0 saturated heterocycles. The van der Waals surface area contributed by atoms with E-state index in [0.717, 1.165) is 31.4 Å². The van der Waals surface area contributed by atoms with Gasteiger partial charge in [0.15, 0.2) is 6.19 Å². The van der Waals surface area contributed by atoms with Crippen LogP contribution in [0.4, 0.5) is 5.69 Å². The lowest BCUT2D eigenvalue weighted by atomic mass is 10.2. The maximum Gasteiger partial charge on any atom is 0.209 e. The average Bonchev–Trinajstić information content (AvgIpc) is 2.67. The van der Waals surface area contributed by atoms with E-state index in [9.17, 15) is 0 Å². The van der Waals surface area contributed by atoms with Crippen molar-refractivity contribution in [2.24, 2.45) is 4.99 Å². The summed E-state index contributed by atoms with van der Waals surface area (Å²) in [5.41, 5.74) is 0.823. The molecule has 0 atom stereocenters. The first kappa shape index (κ1) is 20.8. The largest absolute Gasteiger partial charge is 0.492 e. The van der Waals surface area contributed by atoms with Crippen LogP contribution in [0.1, 0.15) is 25.7 Å². The molecule has 8 heteroatoms. The van der Waals surface area contributed by atoms with Crippen molar-refractivity contribution in [2.45, 2.75) is 25.7 Å². The molecule has 0 saturated carbocycles. The number of nitrogens with zero attached hydrogens (tertiary/aromatic N) is 3. The van der Waals surface area contributed by atoms with Crippen LogP contribution in [0.15, 0.2) is 47.7 Å². The summed E-state index contributed by atoms with van der Waals surface area (Å²) < 4.78 is 5.66. The fourth-order valence-corrected chi connectivity index (χ4v) is 2.60. The third-order valence-corrected chi connectivity index (χ3v) is 4.14. The molecule has 2 rings (SSSR count). The van der Waals surface area contributed by atoms with Gasteiger partial charge in [-0.05, 0) is 43.5 Å². The van der Waals surface area contributed by atoms with Crippen LogP contribution >= 0.6 is 23.2 Å². The zero-order chi connectivity index (χ0) is 19.3. The number of aromatic nitrogens is 1. The molecule has 2 N–H and O–H groups in total. The van der Waals surface area contributed by atoms with E-state index in [1.807, 2.05) is 6.19 Å². The van der Waals surface area contributed by atoms with Crippen molar-refractivity contribution in [2.75, 3.05) is 18.5 Å². The molecule has 1 heterocycles. The summed E-state index contributed by atoms with van der Waals surface area (Å²) in [5, 5.41) is 15.6. The number of pyridine rings is 1. The van der Waals surface area contributed by atoms with Gasteiger partial charge < -0.3 is 10.1 Å². The molecular formula is C19H21Cl2N5O. The second-order valence-electron chi connectivity index (χ2n) is 5.67. The Bertz CT molecular complexity index is 777. The first-order valence-corrected chi connectivity index (χ1v) is 9.39. The van der Waals surface area contributed by atoms with E-state index in [1.54, 1.807) is 42.7 Å². The van der Waals surface area contributed by atoms with E-state index < -0.39 is 0 Å². The van der Waals surface area contributed by atoms with Crippen LogP contribution in [-0.2, 0) is 0 Å². The van der Waals surface area contributed by atoms with E-state index >= 15 is 0 Å². The first-order valence-electron chi connectivity index (χ1n) is 8.63. The molecule has 0 unspecified atom stereocenters. The van der Waals surface area contributed by atoms with Gasteiger partial charge in [0.2, 0.25) is 5.96 Å². The number of nitriles is 1. The maximum atomic E-state index is 8.82. The number of benzene rings is 1. The van der Waals surface area contributed by atoms with Gasteiger partial charge in [-0.3, -0.25) is 15.3 Å². The van der Waals surface area contributed by atoms with Crippen molar-refractivity contribution < 1.29 is 4.74 Å². The highest BCUT2D eigenvalue weighted by atomic mass is 35.5. The lowest BCUT2D eigenvalue weighted by Gasteiger charge is -2.08. The number of nitrogens with one attached hydrogen (secondary N) is 2. The number of guanidine groups is 1. The number of ether oxygens (including phenoxy) is 1. The fourth-order valence-electron chi connectivity index (χ4n) is 2.26. The van der Waals surface area contributed by atoms with Crippen LogP contribution in [0.3, 0.4) is 0 Å². The molecule has 0 aliphatic carbocycles. The van der Waals surface area contributed by atoms with Gasteiger partial charge in [-0.15, -0.1) is 0 Å². The second-order valence-corrected chi connectivity index (χ2v) is 6.51. The zero-order valence-corrected chi connectivity index (χ0v) is 16.3. The molecule has 0 aliphatic rings. The molecule has 0 bridgehead atoms. The van der Waals surface area contributed by atoms with Gasteiger partial charge in [0, 0.05) is 35.7 Å². The van der Waals surface area contributed by atoms with Gasteiger partial charge in [0.05, 0.1) is 11.6 Å². The molecular weight excluding hydrogens is 385 g/mol. The molecule has 142 valence electrons. The van der Waals surface area contributed by atoms with E-state index in [0.29, 0.717) is 34.9 Å². The normalized spacial score (nSPS) is 10.9. The number of halogens is 2. The van der Waals surface area contributed by atoms with E-state index in [2.05, 4.69) is 20.6 Å². The van der Waals surface area contributed by atoms with Crippen LogP contribution in [-0.4, -0.2) is 24.1 Å². The minimum Gasteiger partial charge on any atom is -0.492 e. The molecule has 0 spiro atoms. The Labute approximate surface area is 169 Å². The van der Waals surface area contributed by atoms with Crippen LogP contribution in [0, 0.1) is 11.5 Å². The standard InChI is InChI=1S/C19H21Cl2N5O/c20-15-5-6-17(21)18(13-15)27-12-4-2-1-3-9-24-19(25-14-22)26-16-7-10-23-11-8-16/h5-8,10-11,13H,1-4,9,12H2,(H2,23,24,25,26). The highest BCUT2D eigenvalue weighted by molar-refractivity contribution is 6.34. The van der Waals surface area contributed by atoms with Crippen LogP contribution in [0.25, 0.3) is 0 Å². The number of anilines is 1. The quantitative estimate of drug-likeness (QED) is 0.204. The summed E-state index contributed by atoms with van der Waals surface area (Å²) in [7, 11) is 0. The molecule has 1 aromatic heterocycles. The fraction of sp³-hybridized carbons (Fsp3) is 0.316. The minimum absolute atomic E-state index is 0.433. The summed E-state index contributed by atoms with van der Waals surface area (Å²) in [5.74, 6) is 1.05. The Balaban J connectivity index is 1.63. The monoisotopic (exact) mass is 405 g/mol. The zero-order valence-electron chi connectivity index (χ0n) is 14.8. The Hall–Kier alpha value is -2.49. The van der Waals surface area contributed by atoms with Crippen molar-refractivity contribution in [1.29, 1.82) is 5.26 Å². The molecule has 6 nitrogen and oxygen atoms in total. The molecule has 1 aromatic carbocycles. The summed E-state index contributed by atoms with van der Waals surface area (Å²) in [4.78, 5) is 8.33. The molecule has 27 heavy (non-hydrogen) atoms. The van der Waals surface area contributed by atoms with E-state index in [4.69, 9.17) is 33.2 Å².